The van der Waals surface area contributed by atoms with Gasteiger partial charge in [-0.1, -0.05) is 59.8 Å². The topological polar surface area (TPSA) is 44.8 Å². The molecule has 0 aromatic carbocycles. The summed E-state index contributed by atoms with van der Waals surface area (Å²) in [6.45, 7) is 11.3. The van der Waals surface area contributed by atoms with E-state index in [0.717, 1.165) is 38.0 Å². The molecular weight excluding hydrogens is 388 g/mol. The summed E-state index contributed by atoms with van der Waals surface area (Å²) >= 11 is 0. The van der Waals surface area contributed by atoms with Crippen LogP contribution in [0.5, 0.6) is 0 Å². The van der Waals surface area contributed by atoms with Crippen LogP contribution in [0, 0.1) is 17.3 Å². The summed E-state index contributed by atoms with van der Waals surface area (Å²) in [5, 5.41) is 0. The molecular formula is C27H50O4. The van der Waals surface area contributed by atoms with Crippen molar-refractivity contribution in [3.8, 4) is 0 Å². The number of hydrogen-bond acceptors (Lipinski definition) is 4. The van der Waals surface area contributed by atoms with Gasteiger partial charge in [0.1, 0.15) is 0 Å². The van der Waals surface area contributed by atoms with Crippen LogP contribution in [0.15, 0.2) is 0 Å². The number of hydrogen-bond donors (Lipinski definition) is 0. The molecule has 182 valence electrons. The maximum Gasteiger partial charge on any atom is 0.308 e. The summed E-state index contributed by atoms with van der Waals surface area (Å²) in [6, 6.07) is 0. The normalized spacial score (nSPS) is 27.2. The average Bonchev–Trinajstić information content (AvgIpc) is 2.76. The van der Waals surface area contributed by atoms with Gasteiger partial charge in [-0.05, 0) is 69.1 Å². The molecule has 4 nitrogen and oxygen atoms in total. The van der Waals surface area contributed by atoms with E-state index in [1.165, 1.54) is 57.8 Å². The zero-order valence-electron chi connectivity index (χ0n) is 21.0. The zero-order valence-corrected chi connectivity index (χ0v) is 21.0. The van der Waals surface area contributed by atoms with E-state index in [0.29, 0.717) is 31.3 Å². The van der Waals surface area contributed by atoms with Crippen molar-refractivity contribution in [2.75, 3.05) is 19.8 Å². The van der Waals surface area contributed by atoms with Gasteiger partial charge in [0.05, 0.1) is 37.9 Å². The lowest BCUT2D eigenvalue weighted by atomic mass is 9.72. The van der Waals surface area contributed by atoms with E-state index in [-0.39, 0.29) is 18.0 Å². The van der Waals surface area contributed by atoms with Gasteiger partial charge in [0.15, 0.2) is 0 Å². The largest absolute Gasteiger partial charge is 0.465 e. The van der Waals surface area contributed by atoms with Crippen LogP contribution >= 0.6 is 0 Å². The fraction of sp³-hybridized carbons (Fsp3) is 0.963. The summed E-state index contributed by atoms with van der Waals surface area (Å²) in [4.78, 5) is 12.3. The quantitative estimate of drug-likeness (QED) is 0.227. The van der Waals surface area contributed by atoms with E-state index in [4.69, 9.17) is 14.2 Å². The molecule has 0 aromatic rings. The van der Waals surface area contributed by atoms with Gasteiger partial charge in [0.2, 0.25) is 0 Å². The minimum Gasteiger partial charge on any atom is -0.465 e. The Morgan fingerprint density at radius 3 is 1.77 bits per heavy atom. The lowest BCUT2D eigenvalue weighted by molar-refractivity contribution is -0.151. The van der Waals surface area contributed by atoms with Crippen LogP contribution in [-0.4, -0.2) is 38.0 Å². The van der Waals surface area contributed by atoms with Gasteiger partial charge in [-0.2, -0.15) is 0 Å². The Balaban J connectivity index is 1.46. The van der Waals surface area contributed by atoms with E-state index in [9.17, 15) is 4.79 Å². The highest BCUT2D eigenvalue weighted by molar-refractivity contribution is 5.72. The summed E-state index contributed by atoms with van der Waals surface area (Å²) in [7, 11) is 0. The highest BCUT2D eigenvalue weighted by Gasteiger charge is 2.30. The van der Waals surface area contributed by atoms with E-state index in [1.807, 2.05) is 0 Å². The van der Waals surface area contributed by atoms with Crippen molar-refractivity contribution in [1.82, 2.24) is 0 Å². The molecule has 2 saturated carbocycles. The fourth-order valence-corrected chi connectivity index (χ4v) is 5.16. The van der Waals surface area contributed by atoms with Crippen LogP contribution in [0.1, 0.15) is 118 Å². The Labute approximate surface area is 192 Å². The van der Waals surface area contributed by atoms with Gasteiger partial charge < -0.3 is 14.2 Å². The summed E-state index contributed by atoms with van der Waals surface area (Å²) in [5.74, 6) is 0.923. The van der Waals surface area contributed by atoms with E-state index in [2.05, 4.69) is 27.7 Å². The van der Waals surface area contributed by atoms with Gasteiger partial charge in [-0.3, -0.25) is 4.79 Å². The molecule has 0 amide bonds. The molecule has 0 heterocycles. The fourth-order valence-electron chi connectivity index (χ4n) is 5.16. The second-order valence-corrected chi connectivity index (χ2v) is 11.0. The lowest BCUT2D eigenvalue weighted by Gasteiger charge is -2.36. The number of esters is 1. The Hall–Kier alpha value is -0.610. The van der Waals surface area contributed by atoms with Gasteiger partial charge >= 0.3 is 5.97 Å². The molecule has 2 aliphatic carbocycles. The number of ether oxygens (including phenoxy) is 3. The van der Waals surface area contributed by atoms with Crippen molar-refractivity contribution in [1.29, 1.82) is 0 Å². The average molecular weight is 439 g/mol. The first-order valence-corrected chi connectivity index (χ1v) is 13.3. The molecule has 0 bridgehead atoms. The van der Waals surface area contributed by atoms with Crippen LogP contribution in [0.25, 0.3) is 0 Å². The smallest absolute Gasteiger partial charge is 0.308 e. The molecule has 2 aliphatic rings. The monoisotopic (exact) mass is 438 g/mol. The third-order valence-corrected chi connectivity index (χ3v) is 7.44. The van der Waals surface area contributed by atoms with Crippen molar-refractivity contribution < 1.29 is 19.0 Å². The molecule has 0 unspecified atom stereocenters. The number of carbonyl (C=O) groups is 1. The van der Waals surface area contributed by atoms with Gasteiger partial charge in [0, 0.05) is 0 Å². The van der Waals surface area contributed by atoms with Gasteiger partial charge in [0.25, 0.3) is 0 Å². The highest BCUT2D eigenvalue weighted by atomic mass is 16.5. The van der Waals surface area contributed by atoms with Gasteiger partial charge in [-0.25, -0.2) is 0 Å². The molecule has 0 N–H and O–H groups in total. The van der Waals surface area contributed by atoms with Gasteiger partial charge in [-0.15, -0.1) is 0 Å². The SMILES string of the molecule is CCCCCCCCOC(=O)C1CCC(OCCOC2CCC(C(C)(C)C)CC2)CC1. The lowest BCUT2D eigenvalue weighted by Crippen LogP contribution is -2.30. The molecule has 0 aliphatic heterocycles. The van der Waals surface area contributed by atoms with E-state index >= 15 is 0 Å². The molecule has 0 spiro atoms. The zero-order chi connectivity index (χ0) is 22.5. The maximum absolute atomic E-state index is 12.3. The summed E-state index contributed by atoms with van der Waals surface area (Å²) < 4.78 is 17.6. The minimum absolute atomic E-state index is 0.0150. The second-order valence-electron chi connectivity index (χ2n) is 11.0. The van der Waals surface area contributed by atoms with E-state index in [1.54, 1.807) is 0 Å². The maximum atomic E-state index is 12.3. The van der Waals surface area contributed by atoms with Crippen LogP contribution < -0.4 is 0 Å². The molecule has 0 radical (unpaired) electrons. The Morgan fingerprint density at radius 2 is 1.23 bits per heavy atom. The Kier molecular flexibility index (Phi) is 12.5. The number of rotatable bonds is 13. The molecule has 2 fully saturated rings. The standard InChI is InChI=1S/C27H50O4/c1-5-6-7-8-9-10-19-31-26(28)22-11-15-24(16-12-22)29-20-21-30-25-17-13-23(14-18-25)27(2,3)4/h22-25H,5-21H2,1-4H3. The molecule has 0 saturated heterocycles. The number of unbranched alkanes of at least 4 members (excludes halogenated alkanes) is 5. The van der Waals surface area contributed by atoms with Crippen molar-refractivity contribution >= 4 is 5.97 Å². The third-order valence-electron chi connectivity index (χ3n) is 7.44. The predicted molar refractivity (Wildman–Crippen MR) is 127 cm³/mol. The first kappa shape index (κ1) is 26.6. The highest BCUT2D eigenvalue weighted by Crippen LogP contribution is 2.38. The van der Waals surface area contributed by atoms with Crippen LogP contribution in [0.3, 0.4) is 0 Å². The summed E-state index contributed by atoms with van der Waals surface area (Å²) in [6.07, 6.45) is 16.7. The molecule has 2 rings (SSSR count). The first-order chi connectivity index (χ1) is 14.9. The van der Waals surface area contributed by atoms with Crippen LogP contribution in [0.4, 0.5) is 0 Å². The van der Waals surface area contributed by atoms with E-state index < -0.39 is 0 Å². The van der Waals surface area contributed by atoms with Crippen molar-refractivity contribution in [2.45, 2.75) is 130 Å². The van der Waals surface area contributed by atoms with Crippen molar-refractivity contribution in [3.05, 3.63) is 0 Å². The van der Waals surface area contributed by atoms with Crippen molar-refractivity contribution in [2.24, 2.45) is 17.3 Å². The Morgan fingerprint density at radius 1 is 0.710 bits per heavy atom. The molecule has 4 heteroatoms. The second kappa shape index (κ2) is 14.5. The first-order valence-electron chi connectivity index (χ1n) is 13.3. The Bertz CT molecular complexity index is 468. The molecule has 0 atom stereocenters. The molecule has 0 aromatic heterocycles. The third kappa shape index (κ3) is 10.7. The predicted octanol–water partition coefficient (Wildman–Crippen LogP) is 7.09. The van der Waals surface area contributed by atoms with Crippen LogP contribution in [-0.2, 0) is 19.0 Å². The molecule has 31 heavy (non-hydrogen) atoms. The van der Waals surface area contributed by atoms with Crippen LogP contribution in [0.2, 0.25) is 0 Å². The number of carbonyl (C=O) groups excluding carboxylic acids is 1. The summed E-state index contributed by atoms with van der Waals surface area (Å²) in [5.41, 5.74) is 0.424. The minimum atomic E-state index is 0.0150. The van der Waals surface area contributed by atoms with Crippen molar-refractivity contribution in [3.63, 3.8) is 0 Å².